The van der Waals surface area contributed by atoms with Crippen LogP contribution in [0.3, 0.4) is 0 Å². The maximum Gasteiger partial charge on any atom is 0.253 e. The molecule has 2 aliphatic rings. The van der Waals surface area contributed by atoms with Crippen LogP contribution >= 0.6 is 34.3 Å². The van der Waals surface area contributed by atoms with Crippen molar-refractivity contribution < 1.29 is 22.3 Å². The number of nitrogens with zero attached hydrogens (tertiary/aromatic N) is 3. The highest BCUT2D eigenvalue weighted by atomic mass is 35.5. The van der Waals surface area contributed by atoms with E-state index in [9.17, 15) is 17.6 Å². The summed E-state index contributed by atoms with van der Waals surface area (Å²) in [5, 5.41) is 0.420. The number of hydrogen-bond acceptors (Lipinski definition) is 7. The summed E-state index contributed by atoms with van der Waals surface area (Å²) < 4.78 is 48.8. The van der Waals surface area contributed by atoms with Crippen LogP contribution in [0.2, 0.25) is 4.34 Å². The van der Waals surface area contributed by atoms with Crippen LogP contribution in [0.5, 0.6) is 0 Å². The molecule has 4 heterocycles. The Hall–Kier alpha value is -1.63. The Morgan fingerprint density at radius 1 is 1.21 bits per heavy atom. The molecule has 2 aliphatic heterocycles. The third kappa shape index (κ3) is 4.74. The number of carbonyl (C=O) groups is 1. The third-order valence-electron chi connectivity index (χ3n) is 6.10. The second-order valence-electron chi connectivity index (χ2n) is 8.38. The van der Waals surface area contributed by atoms with Crippen LogP contribution in [0.25, 0.3) is 10.2 Å². The molecule has 0 radical (unpaired) electrons. The van der Waals surface area contributed by atoms with E-state index in [-0.39, 0.29) is 35.1 Å². The zero-order chi connectivity index (χ0) is 23.9. The van der Waals surface area contributed by atoms with Gasteiger partial charge < -0.3 is 4.74 Å². The van der Waals surface area contributed by atoms with Crippen molar-refractivity contribution in [2.75, 3.05) is 24.6 Å². The van der Waals surface area contributed by atoms with Crippen LogP contribution in [-0.4, -0.2) is 55.5 Å². The second-order valence-corrected chi connectivity index (χ2v) is 13.2. The zero-order valence-electron chi connectivity index (χ0n) is 18.2. The van der Waals surface area contributed by atoms with E-state index in [2.05, 4.69) is 4.98 Å². The van der Waals surface area contributed by atoms with E-state index in [4.69, 9.17) is 16.3 Å². The molecule has 182 valence electrons. The number of thiophene rings is 1. The number of carbonyl (C=O) groups excluding carboxylic acids is 1. The second kappa shape index (κ2) is 9.79. The topological polar surface area (TPSA) is 79.8 Å². The SMILES string of the molecule is O=C(C1CCCCN1S(=O)(=O)c1ccc(Cl)s1)N(CC1CCCO1)c1nc2ccc(F)cc2s1. The molecule has 1 amide bonds. The molecule has 0 aliphatic carbocycles. The van der Waals surface area contributed by atoms with E-state index in [1.807, 2.05) is 0 Å². The van der Waals surface area contributed by atoms with Crippen LogP contribution in [0, 0.1) is 5.82 Å². The number of thiazole rings is 1. The summed E-state index contributed by atoms with van der Waals surface area (Å²) in [5.41, 5.74) is 0.591. The molecule has 12 heteroatoms. The van der Waals surface area contributed by atoms with Crippen molar-refractivity contribution in [1.82, 2.24) is 9.29 Å². The molecule has 0 bridgehead atoms. The fourth-order valence-corrected chi connectivity index (χ4v) is 8.70. The van der Waals surface area contributed by atoms with Gasteiger partial charge in [0.25, 0.3) is 10.0 Å². The van der Waals surface area contributed by atoms with E-state index in [0.717, 1.165) is 30.6 Å². The number of benzene rings is 1. The first-order chi connectivity index (χ1) is 16.3. The first-order valence-electron chi connectivity index (χ1n) is 11.1. The molecule has 2 unspecified atom stereocenters. The minimum Gasteiger partial charge on any atom is -0.376 e. The maximum atomic E-state index is 14.0. The molecule has 2 saturated heterocycles. The molecule has 0 N–H and O–H groups in total. The third-order valence-corrected chi connectivity index (χ3v) is 10.7. The number of fused-ring (bicyclic) bond motifs is 1. The van der Waals surface area contributed by atoms with Gasteiger partial charge in [-0.05, 0) is 56.0 Å². The standard InChI is InChI=1S/C22H23ClFN3O4S3/c23-19-8-9-20(33-19)34(29,30)27-10-2-1-5-17(27)21(28)26(13-15-4-3-11-31-15)22-25-16-7-6-14(24)12-18(16)32-22/h6-9,12,15,17H,1-5,10-11,13H2. The van der Waals surface area contributed by atoms with Crippen LogP contribution in [0.1, 0.15) is 32.1 Å². The molecule has 1 aromatic carbocycles. The summed E-state index contributed by atoms with van der Waals surface area (Å²) in [7, 11) is -3.89. The number of ether oxygens (including phenoxy) is 1. The van der Waals surface area contributed by atoms with Crippen LogP contribution < -0.4 is 4.90 Å². The Morgan fingerprint density at radius 3 is 2.79 bits per heavy atom. The number of piperidine rings is 1. The molecule has 34 heavy (non-hydrogen) atoms. The summed E-state index contributed by atoms with van der Waals surface area (Å²) in [5.74, 6) is -0.709. The molecule has 0 saturated carbocycles. The predicted molar refractivity (Wildman–Crippen MR) is 132 cm³/mol. The maximum absolute atomic E-state index is 14.0. The lowest BCUT2D eigenvalue weighted by Crippen LogP contribution is -2.54. The molecular weight excluding hydrogens is 521 g/mol. The lowest BCUT2D eigenvalue weighted by molar-refractivity contribution is -0.123. The van der Waals surface area contributed by atoms with Crippen LogP contribution in [-0.2, 0) is 19.6 Å². The number of rotatable bonds is 6. The first kappa shape index (κ1) is 24.1. The predicted octanol–water partition coefficient (Wildman–Crippen LogP) is 4.91. The summed E-state index contributed by atoms with van der Waals surface area (Å²) >= 11 is 8.19. The van der Waals surface area contributed by atoms with Gasteiger partial charge in [-0.2, -0.15) is 4.31 Å². The molecule has 0 spiro atoms. The van der Waals surface area contributed by atoms with Gasteiger partial charge in [0.15, 0.2) is 5.13 Å². The molecule has 2 atom stereocenters. The van der Waals surface area contributed by atoms with Crippen molar-refractivity contribution in [1.29, 1.82) is 0 Å². The lowest BCUT2D eigenvalue weighted by atomic mass is 10.0. The zero-order valence-corrected chi connectivity index (χ0v) is 21.4. The van der Waals surface area contributed by atoms with Crippen molar-refractivity contribution in [3.05, 3.63) is 40.5 Å². The van der Waals surface area contributed by atoms with Crippen molar-refractivity contribution in [2.24, 2.45) is 0 Å². The average molecular weight is 544 g/mol. The number of halogens is 2. The Bertz CT molecular complexity index is 1310. The number of hydrogen-bond donors (Lipinski definition) is 0. The van der Waals surface area contributed by atoms with Crippen LogP contribution in [0.4, 0.5) is 9.52 Å². The van der Waals surface area contributed by atoms with Gasteiger partial charge in [0.05, 0.1) is 27.2 Å². The summed E-state index contributed by atoms with van der Waals surface area (Å²) in [6, 6.07) is 6.47. The van der Waals surface area contributed by atoms with Gasteiger partial charge in [-0.1, -0.05) is 29.4 Å². The molecule has 3 aromatic rings. The Morgan fingerprint density at radius 2 is 2.06 bits per heavy atom. The Kier molecular flexibility index (Phi) is 6.93. The van der Waals surface area contributed by atoms with E-state index < -0.39 is 16.1 Å². The summed E-state index contributed by atoms with van der Waals surface area (Å²) in [4.78, 5) is 20.1. The van der Waals surface area contributed by atoms with Gasteiger partial charge in [0.2, 0.25) is 5.91 Å². The van der Waals surface area contributed by atoms with Crippen molar-refractivity contribution >= 4 is 65.6 Å². The smallest absolute Gasteiger partial charge is 0.253 e. The van der Waals surface area contributed by atoms with Gasteiger partial charge in [-0.3, -0.25) is 9.69 Å². The summed E-state index contributed by atoms with van der Waals surface area (Å²) in [6.07, 6.45) is 3.39. The molecule has 7 nitrogen and oxygen atoms in total. The van der Waals surface area contributed by atoms with E-state index >= 15 is 0 Å². The van der Waals surface area contributed by atoms with Gasteiger partial charge in [0.1, 0.15) is 16.1 Å². The lowest BCUT2D eigenvalue weighted by Gasteiger charge is -2.36. The molecule has 2 aromatic heterocycles. The van der Waals surface area contributed by atoms with Crippen molar-refractivity contribution in [2.45, 2.75) is 48.5 Å². The minimum atomic E-state index is -3.89. The average Bonchev–Trinajstić information content (AvgIpc) is 3.58. The molecular formula is C22H23ClFN3O4S3. The quantitative estimate of drug-likeness (QED) is 0.441. The van der Waals surface area contributed by atoms with Gasteiger partial charge in [0, 0.05) is 13.2 Å². The van der Waals surface area contributed by atoms with E-state index in [1.165, 1.54) is 33.8 Å². The highest BCUT2D eigenvalue weighted by molar-refractivity contribution is 7.91. The van der Waals surface area contributed by atoms with E-state index in [1.54, 1.807) is 17.0 Å². The number of sulfonamides is 1. The van der Waals surface area contributed by atoms with Crippen molar-refractivity contribution in [3.8, 4) is 0 Å². The van der Waals surface area contributed by atoms with Crippen LogP contribution in [0.15, 0.2) is 34.5 Å². The largest absolute Gasteiger partial charge is 0.376 e. The molecule has 2 fully saturated rings. The summed E-state index contributed by atoms with van der Waals surface area (Å²) in [6.45, 7) is 1.16. The normalized spacial score (nSPS) is 21.8. The number of amides is 1. The van der Waals surface area contributed by atoms with Gasteiger partial charge in [-0.15, -0.1) is 11.3 Å². The number of anilines is 1. The number of aromatic nitrogens is 1. The van der Waals surface area contributed by atoms with Crippen molar-refractivity contribution in [3.63, 3.8) is 0 Å². The van der Waals surface area contributed by atoms with E-state index in [0.29, 0.717) is 39.1 Å². The van der Waals surface area contributed by atoms with Gasteiger partial charge in [-0.25, -0.2) is 17.8 Å². The fraction of sp³-hybridized carbons (Fsp3) is 0.455. The highest BCUT2D eigenvalue weighted by Gasteiger charge is 2.41. The molecule has 5 rings (SSSR count). The minimum absolute atomic E-state index is 0.123. The Labute approximate surface area is 210 Å². The highest BCUT2D eigenvalue weighted by Crippen LogP contribution is 2.35. The van der Waals surface area contributed by atoms with Gasteiger partial charge >= 0.3 is 0 Å². The monoisotopic (exact) mass is 543 g/mol. The Balaban J connectivity index is 1.50. The first-order valence-corrected chi connectivity index (χ1v) is 14.5. The fourth-order valence-electron chi connectivity index (χ4n) is 4.43.